The van der Waals surface area contributed by atoms with E-state index in [0.29, 0.717) is 0 Å². The average Bonchev–Trinajstić information content (AvgIpc) is 2.14. The zero-order valence-corrected chi connectivity index (χ0v) is 8.87. The van der Waals surface area contributed by atoms with E-state index < -0.39 is 43.8 Å². The number of hydrogen-bond donors (Lipinski definition) is 5. The highest BCUT2D eigenvalue weighted by Crippen LogP contribution is 1.95. The minimum atomic E-state index is -1.39. The second kappa shape index (κ2) is 7.54. The van der Waals surface area contributed by atoms with Crippen LogP contribution in [-0.2, 0) is 14.4 Å². The highest BCUT2D eigenvalue weighted by Gasteiger charge is 2.20. The van der Waals surface area contributed by atoms with E-state index in [4.69, 9.17) is 15.3 Å². The molecule has 0 aliphatic carbocycles. The molecule has 0 rings (SSSR count). The lowest BCUT2D eigenvalue weighted by Gasteiger charge is -2.24. The topological polar surface area (TPSA) is 147 Å². The Morgan fingerprint density at radius 1 is 1.00 bits per heavy atom. The molecule has 17 heavy (non-hydrogen) atoms. The fourth-order valence-electron chi connectivity index (χ4n) is 1.05. The molecule has 0 amide bonds. The SMILES string of the molecule is O=C(O)CNCC(O)N(CC(=O)O)CC(=O)O. The third kappa shape index (κ3) is 8.13. The maximum Gasteiger partial charge on any atom is 0.317 e. The lowest BCUT2D eigenvalue weighted by Crippen LogP contribution is -2.47. The Hall–Kier alpha value is -1.71. The molecule has 0 aliphatic heterocycles. The quantitative estimate of drug-likeness (QED) is 0.279. The van der Waals surface area contributed by atoms with E-state index in [-0.39, 0.29) is 6.54 Å². The second-order valence-electron chi connectivity index (χ2n) is 3.20. The van der Waals surface area contributed by atoms with Gasteiger partial charge in [0, 0.05) is 6.54 Å². The average molecular weight is 250 g/mol. The Kier molecular flexibility index (Phi) is 6.79. The van der Waals surface area contributed by atoms with Crippen LogP contribution in [0.25, 0.3) is 0 Å². The van der Waals surface area contributed by atoms with E-state index >= 15 is 0 Å². The van der Waals surface area contributed by atoms with Crippen LogP contribution in [0.15, 0.2) is 0 Å². The molecule has 5 N–H and O–H groups in total. The summed E-state index contributed by atoms with van der Waals surface area (Å²) in [4.78, 5) is 31.8. The van der Waals surface area contributed by atoms with Crippen LogP contribution in [0.1, 0.15) is 0 Å². The lowest BCUT2D eigenvalue weighted by atomic mass is 10.4. The molecule has 0 saturated carbocycles. The van der Waals surface area contributed by atoms with E-state index in [1.165, 1.54) is 0 Å². The summed E-state index contributed by atoms with van der Waals surface area (Å²) in [6, 6.07) is 0. The van der Waals surface area contributed by atoms with Crippen LogP contribution in [0.4, 0.5) is 0 Å². The number of nitrogens with zero attached hydrogens (tertiary/aromatic N) is 1. The van der Waals surface area contributed by atoms with E-state index in [1.807, 2.05) is 0 Å². The summed E-state index contributed by atoms with van der Waals surface area (Å²) in [6.45, 7) is -1.96. The molecule has 1 unspecified atom stereocenters. The molecule has 9 heteroatoms. The smallest absolute Gasteiger partial charge is 0.317 e. The molecular formula is C8H14N2O7. The van der Waals surface area contributed by atoms with Gasteiger partial charge in [0.05, 0.1) is 19.6 Å². The van der Waals surface area contributed by atoms with Gasteiger partial charge in [-0.05, 0) is 0 Å². The van der Waals surface area contributed by atoms with Crippen LogP contribution in [0, 0.1) is 0 Å². The number of aliphatic carboxylic acids is 3. The first-order chi connectivity index (χ1) is 7.82. The van der Waals surface area contributed by atoms with Gasteiger partial charge in [-0.25, -0.2) is 0 Å². The van der Waals surface area contributed by atoms with Crippen molar-refractivity contribution in [2.24, 2.45) is 0 Å². The normalized spacial score (nSPS) is 12.4. The first kappa shape index (κ1) is 15.3. The van der Waals surface area contributed by atoms with E-state index in [9.17, 15) is 19.5 Å². The van der Waals surface area contributed by atoms with Crippen molar-refractivity contribution in [1.82, 2.24) is 10.2 Å². The minimum Gasteiger partial charge on any atom is -0.480 e. The zero-order valence-electron chi connectivity index (χ0n) is 8.87. The molecule has 0 spiro atoms. The Labute approximate surface area is 96.3 Å². The predicted molar refractivity (Wildman–Crippen MR) is 53.4 cm³/mol. The molecule has 1 atom stereocenters. The summed E-state index contributed by atoms with van der Waals surface area (Å²) in [5, 5.41) is 37.1. The van der Waals surface area contributed by atoms with E-state index in [0.717, 1.165) is 4.90 Å². The summed E-state index contributed by atoms with van der Waals surface area (Å²) < 4.78 is 0. The van der Waals surface area contributed by atoms with Gasteiger partial charge in [0.2, 0.25) is 0 Å². The van der Waals surface area contributed by atoms with Crippen molar-refractivity contribution in [1.29, 1.82) is 0 Å². The van der Waals surface area contributed by atoms with Crippen molar-refractivity contribution in [2.75, 3.05) is 26.2 Å². The Morgan fingerprint density at radius 3 is 1.82 bits per heavy atom. The number of aliphatic hydroxyl groups excluding tert-OH is 1. The van der Waals surface area contributed by atoms with Gasteiger partial charge in [-0.3, -0.25) is 19.3 Å². The Balaban J connectivity index is 4.20. The molecule has 0 aromatic heterocycles. The van der Waals surface area contributed by atoms with Crippen molar-refractivity contribution < 1.29 is 34.8 Å². The number of aliphatic hydroxyl groups is 1. The highest BCUT2D eigenvalue weighted by molar-refractivity contribution is 5.72. The number of carbonyl (C=O) groups is 3. The van der Waals surface area contributed by atoms with Crippen molar-refractivity contribution in [3.8, 4) is 0 Å². The number of rotatable bonds is 9. The maximum absolute atomic E-state index is 10.4. The molecule has 0 radical (unpaired) electrons. The molecule has 0 bridgehead atoms. The number of carboxylic acids is 3. The van der Waals surface area contributed by atoms with Crippen molar-refractivity contribution in [3.63, 3.8) is 0 Å². The van der Waals surface area contributed by atoms with E-state index in [2.05, 4.69) is 5.32 Å². The Bertz CT molecular complexity index is 278. The van der Waals surface area contributed by atoms with Gasteiger partial charge in [-0.1, -0.05) is 0 Å². The van der Waals surface area contributed by atoms with E-state index in [1.54, 1.807) is 0 Å². The molecule has 0 saturated heterocycles. The van der Waals surface area contributed by atoms with Gasteiger partial charge in [-0.15, -0.1) is 0 Å². The first-order valence-corrected chi connectivity index (χ1v) is 4.61. The molecule has 0 aromatic carbocycles. The minimum absolute atomic E-state index is 0.243. The van der Waals surface area contributed by atoms with Gasteiger partial charge < -0.3 is 25.7 Å². The second-order valence-corrected chi connectivity index (χ2v) is 3.20. The Morgan fingerprint density at radius 2 is 1.47 bits per heavy atom. The van der Waals surface area contributed by atoms with Crippen molar-refractivity contribution in [2.45, 2.75) is 6.23 Å². The van der Waals surface area contributed by atoms with Crippen LogP contribution in [0.5, 0.6) is 0 Å². The van der Waals surface area contributed by atoms with Crippen LogP contribution in [0.2, 0.25) is 0 Å². The van der Waals surface area contributed by atoms with Gasteiger partial charge in [0.15, 0.2) is 0 Å². The van der Waals surface area contributed by atoms with Gasteiger partial charge in [-0.2, -0.15) is 0 Å². The molecule has 0 aliphatic rings. The zero-order chi connectivity index (χ0) is 13.4. The highest BCUT2D eigenvalue weighted by atomic mass is 16.4. The molecule has 0 heterocycles. The van der Waals surface area contributed by atoms with Crippen LogP contribution in [0.3, 0.4) is 0 Å². The molecule has 98 valence electrons. The molecule has 0 aromatic rings. The molecule has 0 fully saturated rings. The summed E-state index contributed by atoms with van der Waals surface area (Å²) in [7, 11) is 0. The first-order valence-electron chi connectivity index (χ1n) is 4.61. The number of carboxylic acid groups (broad SMARTS) is 3. The predicted octanol–water partition coefficient (Wildman–Crippen LogP) is -2.55. The summed E-state index contributed by atoms with van der Waals surface area (Å²) in [5.41, 5.74) is 0. The lowest BCUT2D eigenvalue weighted by molar-refractivity contribution is -0.147. The van der Waals surface area contributed by atoms with Gasteiger partial charge in [0.1, 0.15) is 6.23 Å². The summed E-state index contributed by atoms with van der Waals surface area (Å²) >= 11 is 0. The monoisotopic (exact) mass is 250 g/mol. The fourth-order valence-corrected chi connectivity index (χ4v) is 1.05. The fraction of sp³-hybridized carbons (Fsp3) is 0.625. The standard InChI is InChI=1S/C8H14N2O7/c11-5(1-9-2-6(12)13)10(3-7(14)15)4-8(16)17/h5,9,11H,1-4H2,(H,12,13)(H,14,15)(H,16,17). The van der Waals surface area contributed by atoms with Crippen LogP contribution < -0.4 is 5.32 Å². The summed E-state index contributed by atoms with van der Waals surface area (Å²) in [5.74, 6) is -3.72. The largest absolute Gasteiger partial charge is 0.480 e. The maximum atomic E-state index is 10.4. The number of nitrogens with one attached hydrogen (secondary N) is 1. The molecular weight excluding hydrogens is 236 g/mol. The number of hydrogen-bond acceptors (Lipinski definition) is 6. The summed E-state index contributed by atoms with van der Waals surface area (Å²) in [6.07, 6.45) is -1.39. The van der Waals surface area contributed by atoms with Crippen molar-refractivity contribution >= 4 is 17.9 Å². The van der Waals surface area contributed by atoms with Crippen LogP contribution in [-0.4, -0.2) is 75.6 Å². The van der Waals surface area contributed by atoms with Gasteiger partial charge >= 0.3 is 17.9 Å². The molecule has 9 nitrogen and oxygen atoms in total. The van der Waals surface area contributed by atoms with Crippen LogP contribution >= 0.6 is 0 Å². The third-order valence-electron chi connectivity index (χ3n) is 1.70. The van der Waals surface area contributed by atoms with Crippen molar-refractivity contribution in [3.05, 3.63) is 0 Å². The van der Waals surface area contributed by atoms with Gasteiger partial charge in [0.25, 0.3) is 0 Å². The third-order valence-corrected chi connectivity index (χ3v) is 1.70.